The number of likely N-dealkylation sites (N-methyl/N-ethyl adjacent to an activating group) is 1. The number of carbonyl (C=O) groups is 1. The Kier molecular flexibility index (Phi) is 7.56. The molecule has 1 aromatic rings. The molecule has 0 radical (unpaired) electrons. The molecule has 2 atom stereocenters. The summed E-state index contributed by atoms with van der Waals surface area (Å²) in [7, 11) is 1.75. The Bertz CT molecular complexity index is 597. The van der Waals surface area contributed by atoms with E-state index in [1.165, 1.54) is 0 Å². The van der Waals surface area contributed by atoms with Crippen LogP contribution in [-0.4, -0.2) is 49.3 Å². The fourth-order valence-corrected chi connectivity index (χ4v) is 3.28. The predicted molar refractivity (Wildman–Crippen MR) is 103 cm³/mol. The van der Waals surface area contributed by atoms with Crippen molar-refractivity contribution < 1.29 is 14.3 Å². The Balaban J connectivity index is 0.00000312. The second-order valence-electron chi connectivity index (χ2n) is 6.87. The fraction of sp³-hybridized carbons (Fsp3) is 0.611. The molecule has 2 N–H and O–H groups in total. The van der Waals surface area contributed by atoms with Crippen molar-refractivity contribution in [2.45, 2.75) is 38.8 Å². The van der Waals surface area contributed by atoms with E-state index in [1.807, 2.05) is 32.9 Å². The number of amides is 1. The SMILES string of the molecule is CCOC1CC(N)(C(=O)N(C)CCOc2cccc(Cl)c2)C1(C)C.Cl. The minimum Gasteiger partial charge on any atom is -0.492 e. The van der Waals surface area contributed by atoms with Gasteiger partial charge in [-0.05, 0) is 25.1 Å². The first-order chi connectivity index (χ1) is 11.2. The molecule has 7 heteroatoms. The molecule has 2 unspecified atom stereocenters. The summed E-state index contributed by atoms with van der Waals surface area (Å²) >= 11 is 5.92. The normalized spacial score (nSPS) is 24.0. The minimum atomic E-state index is -0.891. The van der Waals surface area contributed by atoms with Crippen LogP contribution in [0.25, 0.3) is 0 Å². The maximum atomic E-state index is 12.8. The van der Waals surface area contributed by atoms with Gasteiger partial charge in [-0.3, -0.25) is 4.79 Å². The summed E-state index contributed by atoms with van der Waals surface area (Å²) in [5.41, 5.74) is 5.14. The molecule has 0 aliphatic heterocycles. The third-order valence-corrected chi connectivity index (χ3v) is 5.28. The highest BCUT2D eigenvalue weighted by Gasteiger charge is 2.63. The van der Waals surface area contributed by atoms with Gasteiger partial charge in [0.2, 0.25) is 5.91 Å². The van der Waals surface area contributed by atoms with E-state index in [2.05, 4.69) is 0 Å². The molecule has 0 saturated heterocycles. The lowest BCUT2D eigenvalue weighted by Crippen LogP contribution is -2.75. The molecule has 1 amide bonds. The summed E-state index contributed by atoms with van der Waals surface area (Å²) < 4.78 is 11.3. The molecule has 1 aliphatic rings. The quantitative estimate of drug-likeness (QED) is 0.776. The van der Waals surface area contributed by atoms with Crippen LogP contribution < -0.4 is 10.5 Å². The Morgan fingerprint density at radius 3 is 2.68 bits per heavy atom. The van der Waals surface area contributed by atoms with E-state index < -0.39 is 5.54 Å². The molecule has 1 fully saturated rings. The van der Waals surface area contributed by atoms with Gasteiger partial charge in [0.15, 0.2) is 0 Å². The average molecular weight is 391 g/mol. The summed E-state index contributed by atoms with van der Waals surface area (Å²) in [6.45, 7) is 7.40. The van der Waals surface area contributed by atoms with E-state index >= 15 is 0 Å². The number of nitrogens with zero attached hydrogens (tertiary/aromatic N) is 1. The third kappa shape index (κ3) is 4.40. The number of ether oxygens (including phenoxy) is 2. The van der Waals surface area contributed by atoms with Crippen molar-refractivity contribution in [3.63, 3.8) is 0 Å². The molecule has 1 aliphatic carbocycles. The first-order valence-electron chi connectivity index (χ1n) is 8.26. The van der Waals surface area contributed by atoms with Gasteiger partial charge < -0.3 is 20.1 Å². The fourth-order valence-electron chi connectivity index (χ4n) is 3.10. The predicted octanol–water partition coefficient (Wildman–Crippen LogP) is 3.13. The van der Waals surface area contributed by atoms with Crippen LogP contribution >= 0.6 is 24.0 Å². The summed E-state index contributed by atoms with van der Waals surface area (Å²) in [6, 6.07) is 7.19. The molecule has 142 valence electrons. The van der Waals surface area contributed by atoms with Gasteiger partial charge >= 0.3 is 0 Å². The zero-order valence-corrected chi connectivity index (χ0v) is 16.8. The van der Waals surface area contributed by atoms with Gasteiger partial charge in [0.25, 0.3) is 0 Å². The molecule has 1 saturated carbocycles. The number of nitrogens with two attached hydrogens (primary N) is 1. The number of benzene rings is 1. The lowest BCUT2D eigenvalue weighted by atomic mass is 9.54. The van der Waals surface area contributed by atoms with Crippen molar-refractivity contribution in [1.82, 2.24) is 4.90 Å². The monoisotopic (exact) mass is 390 g/mol. The molecule has 0 aromatic heterocycles. The molecule has 5 nitrogen and oxygen atoms in total. The number of halogens is 2. The second-order valence-corrected chi connectivity index (χ2v) is 7.31. The van der Waals surface area contributed by atoms with Gasteiger partial charge in [-0.1, -0.05) is 31.5 Å². The van der Waals surface area contributed by atoms with Gasteiger partial charge in [-0.2, -0.15) is 0 Å². The molecular weight excluding hydrogens is 363 g/mol. The molecular formula is C18H28Cl2N2O3. The average Bonchev–Trinajstić information content (AvgIpc) is 2.53. The van der Waals surface area contributed by atoms with E-state index in [9.17, 15) is 4.79 Å². The Labute approximate surface area is 161 Å². The van der Waals surface area contributed by atoms with Gasteiger partial charge in [-0.15, -0.1) is 12.4 Å². The summed E-state index contributed by atoms with van der Waals surface area (Å²) in [6.07, 6.45) is 0.569. The Morgan fingerprint density at radius 2 is 2.12 bits per heavy atom. The highest BCUT2D eigenvalue weighted by atomic mass is 35.5. The minimum absolute atomic E-state index is 0. The third-order valence-electron chi connectivity index (χ3n) is 5.05. The maximum absolute atomic E-state index is 12.8. The van der Waals surface area contributed by atoms with Crippen molar-refractivity contribution >= 4 is 29.9 Å². The standard InChI is InChI=1S/C18H27ClN2O3.ClH/c1-5-23-15-12-18(20,17(15,2)3)16(22)21(4)9-10-24-14-8-6-7-13(19)11-14;/h6-8,11,15H,5,9-10,12,20H2,1-4H3;1H. The first kappa shape index (κ1) is 22.0. The lowest BCUT2D eigenvalue weighted by Gasteiger charge is -2.58. The maximum Gasteiger partial charge on any atom is 0.243 e. The number of carbonyl (C=O) groups excluding carboxylic acids is 1. The number of hydrogen-bond donors (Lipinski definition) is 1. The molecule has 25 heavy (non-hydrogen) atoms. The highest BCUT2D eigenvalue weighted by Crippen LogP contribution is 2.50. The molecule has 0 spiro atoms. The smallest absolute Gasteiger partial charge is 0.243 e. The van der Waals surface area contributed by atoms with E-state index in [0.717, 1.165) is 0 Å². The Hall–Kier alpha value is -1.01. The van der Waals surface area contributed by atoms with Gasteiger partial charge in [0, 0.05) is 30.5 Å². The van der Waals surface area contributed by atoms with Crippen molar-refractivity contribution in [3.05, 3.63) is 29.3 Å². The summed E-state index contributed by atoms with van der Waals surface area (Å²) in [5, 5.41) is 0.621. The van der Waals surface area contributed by atoms with E-state index in [0.29, 0.717) is 37.0 Å². The molecule has 0 heterocycles. The van der Waals surface area contributed by atoms with Gasteiger partial charge in [-0.25, -0.2) is 0 Å². The largest absolute Gasteiger partial charge is 0.492 e. The highest BCUT2D eigenvalue weighted by molar-refractivity contribution is 6.30. The van der Waals surface area contributed by atoms with Crippen molar-refractivity contribution in [2.75, 3.05) is 26.8 Å². The van der Waals surface area contributed by atoms with Crippen LogP contribution in [0.2, 0.25) is 5.02 Å². The van der Waals surface area contributed by atoms with Crippen LogP contribution in [-0.2, 0) is 9.53 Å². The summed E-state index contributed by atoms with van der Waals surface area (Å²) in [4.78, 5) is 14.4. The van der Waals surface area contributed by atoms with Crippen LogP contribution in [0.4, 0.5) is 0 Å². The van der Waals surface area contributed by atoms with Crippen molar-refractivity contribution in [1.29, 1.82) is 0 Å². The topological polar surface area (TPSA) is 64.8 Å². The van der Waals surface area contributed by atoms with Gasteiger partial charge in [0.05, 0.1) is 12.6 Å². The summed E-state index contributed by atoms with van der Waals surface area (Å²) in [5.74, 6) is 0.615. The molecule has 1 aromatic carbocycles. The van der Waals surface area contributed by atoms with Gasteiger partial charge in [0.1, 0.15) is 17.9 Å². The van der Waals surface area contributed by atoms with Crippen molar-refractivity contribution in [3.8, 4) is 5.75 Å². The van der Waals surface area contributed by atoms with Crippen LogP contribution in [0.3, 0.4) is 0 Å². The molecule has 2 rings (SSSR count). The lowest BCUT2D eigenvalue weighted by molar-refractivity contribution is -0.178. The van der Waals surface area contributed by atoms with Crippen molar-refractivity contribution in [2.24, 2.45) is 11.1 Å². The van der Waals surface area contributed by atoms with Crippen LogP contribution in [0, 0.1) is 5.41 Å². The zero-order chi connectivity index (χ0) is 18.0. The Morgan fingerprint density at radius 1 is 1.44 bits per heavy atom. The van der Waals surface area contributed by atoms with Crippen LogP contribution in [0.1, 0.15) is 27.2 Å². The van der Waals surface area contributed by atoms with Crippen LogP contribution in [0.5, 0.6) is 5.75 Å². The zero-order valence-electron chi connectivity index (χ0n) is 15.3. The number of hydrogen-bond acceptors (Lipinski definition) is 4. The van der Waals surface area contributed by atoms with E-state index in [1.54, 1.807) is 24.1 Å². The molecule has 0 bridgehead atoms. The number of rotatable bonds is 7. The second kappa shape index (κ2) is 8.58. The van der Waals surface area contributed by atoms with Crippen LogP contribution in [0.15, 0.2) is 24.3 Å². The van der Waals surface area contributed by atoms with E-state index in [4.69, 9.17) is 26.8 Å². The first-order valence-corrected chi connectivity index (χ1v) is 8.64. The van der Waals surface area contributed by atoms with E-state index in [-0.39, 0.29) is 29.8 Å².